The third-order valence-electron chi connectivity index (χ3n) is 2.54. The Balaban J connectivity index is 2.37. The zero-order valence-corrected chi connectivity index (χ0v) is 10.8. The van der Waals surface area contributed by atoms with Crippen LogP contribution in [0.2, 0.25) is 0 Å². The highest BCUT2D eigenvalue weighted by Gasteiger charge is 2.13. The van der Waals surface area contributed by atoms with E-state index in [2.05, 4.69) is 5.32 Å². The summed E-state index contributed by atoms with van der Waals surface area (Å²) in [7, 11) is 0. The number of benzene rings is 1. The Morgan fingerprint density at radius 1 is 1.47 bits per heavy atom. The van der Waals surface area contributed by atoms with Gasteiger partial charge in [-0.1, -0.05) is 12.1 Å². The molecule has 0 fully saturated rings. The van der Waals surface area contributed by atoms with Crippen molar-refractivity contribution < 1.29 is 23.8 Å². The number of amides is 1. The number of hydrogen-bond acceptors (Lipinski definition) is 3. The highest BCUT2D eigenvalue weighted by atomic mass is 19.1. The van der Waals surface area contributed by atoms with Crippen LogP contribution in [0.4, 0.5) is 4.39 Å². The van der Waals surface area contributed by atoms with Crippen LogP contribution in [-0.4, -0.2) is 29.7 Å². The van der Waals surface area contributed by atoms with Gasteiger partial charge in [-0.05, 0) is 31.0 Å². The standard InChI is InChI=1S/C13H16FNO4/c1-8-3-4-10(5-11(8)14)6-15-12(16)7-19-9(2)13(17)18/h3-5,9H,6-7H2,1-2H3,(H,15,16)(H,17,18)/t9-/m0/s1. The minimum atomic E-state index is -1.13. The van der Waals surface area contributed by atoms with Gasteiger partial charge >= 0.3 is 5.97 Å². The van der Waals surface area contributed by atoms with Crippen LogP contribution >= 0.6 is 0 Å². The normalized spacial score (nSPS) is 11.9. The number of hydrogen-bond donors (Lipinski definition) is 2. The van der Waals surface area contributed by atoms with E-state index in [0.29, 0.717) is 11.1 Å². The Kier molecular flexibility index (Phi) is 5.44. The SMILES string of the molecule is Cc1ccc(CNC(=O)CO[C@@H](C)C(=O)O)cc1F. The van der Waals surface area contributed by atoms with E-state index >= 15 is 0 Å². The van der Waals surface area contributed by atoms with Crippen LogP contribution in [0.15, 0.2) is 18.2 Å². The lowest BCUT2D eigenvalue weighted by Crippen LogP contribution is -2.31. The van der Waals surface area contributed by atoms with Crippen molar-refractivity contribution in [3.63, 3.8) is 0 Å². The summed E-state index contributed by atoms with van der Waals surface area (Å²) in [5, 5.41) is 11.1. The van der Waals surface area contributed by atoms with E-state index in [4.69, 9.17) is 9.84 Å². The maximum Gasteiger partial charge on any atom is 0.332 e. The zero-order chi connectivity index (χ0) is 14.4. The number of carboxylic acid groups (broad SMARTS) is 1. The molecule has 104 valence electrons. The molecule has 0 saturated heterocycles. The lowest BCUT2D eigenvalue weighted by Gasteiger charge is -2.09. The van der Waals surface area contributed by atoms with Crippen molar-refractivity contribution in [2.45, 2.75) is 26.5 Å². The van der Waals surface area contributed by atoms with E-state index in [1.54, 1.807) is 19.1 Å². The van der Waals surface area contributed by atoms with Gasteiger partial charge in [0.2, 0.25) is 5.91 Å². The van der Waals surface area contributed by atoms with E-state index in [1.807, 2.05) is 0 Å². The van der Waals surface area contributed by atoms with Crippen molar-refractivity contribution in [3.8, 4) is 0 Å². The first kappa shape index (κ1) is 15.1. The smallest absolute Gasteiger partial charge is 0.332 e. The number of carboxylic acids is 1. The molecule has 0 aliphatic carbocycles. The number of carbonyl (C=O) groups is 2. The predicted octanol–water partition coefficient (Wildman–Crippen LogP) is 1.24. The van der Waals surface area contributed by atoms with E-state index in [1.165, 1.54) is 13.0 Å². The van der Waals surface area contributed by atoms with Gasteiger partial charge in [-0.25, -0.2) is 9.18 Å². The van der Waals surface area contributed by atoms with Crippen LogP contribution in [0.25, 0.3) is 0 Å². The molecular weight excluding hydrogens is 253 g/mol. The number of ether oxygens (including phenoxy) is 1. The van der Waals surface area contributed by atoms with Gasteiger partial charge in [-0.2, -0.15) is 0 Å². The van der Waals surface area contributed by atoms with E-state index < -0.39 is 18.0 Å². The van der Waals surface area contributed by atoms with E-state index in [-0.39, 0.29) is 19.0 Å². The van der Waals surface area contributed by atoms with Crippen LogP contribution < -0.4 is 5.32 Å². The topological polar surface area (TPSA) is 75.6 Å². The largest absolute Gasteiger partial charge is 0.479 e. The quantitative estimate of drug-likeness (QED) is 0.814. The minimum Gasteiger partial charge on any atom is -0.479 e. The number of nitrogens with one attached hydrogen (secondary N) is 1. The summed E-state index contributed by atoms with van der Waals surface area (Å²) in [4.78, 5) is 21.8. The van der Waals surface area contributed by atoms with Crippen LogP contribution in [0.1, 0.15) is 18.1 Å². The average Bonchev–Trinajstić information content (AvgIpc) is 2.37. The van der Waals surface area contributed by atoms with Gasteiger partial charge in [0.1, 0.15) is 12.4 Å². The third kappa shape index (κ3) is 5.05. The van der Waals surface area contributed by atoms with Crippen LogP contribution in [0.3, 0.4) is 0 Å². The molecule has 0 radical (unpaired) electrons. The molecule has 1 rings (SSSR count). The summed E-state index contributed by atoms with van der Waals surface area (Å²) in [6, 6.07) is 4.68. The van der Waals surface area contributed by atoms with Crippen molar-refractivity contribution in [1.82, 2.24) is 5.32 Å². The molecule has 0 unspecified atom stereocenters. The Bertz CT molecular complexity index is 476. The number of aliphatic carboxylic acids is 1. The minimum absolute atomic E-state index is 0.168. The summed E-state index contributed by atoms with van der Waals surface area (Å²) < 4.78 is 18.1. The summed E-state index contributed by atoms with van der Waals surface area (Å²) in [6.45, 7) is 2.81. The summed E-state index contributed by atoms with van der Waals surface area (Å²) >= 11 is 0. The lowest BCUT2D eigenvalue weighted by atomic mass is 10.1. The highest BCUT2D eigenvalue weighted by Crippen LogP contribution is 2.08. The molecule has 1 aromatic carbocycles. The molecule has 0 aliphatic rings. The highest BCUT2D eigenvalue weighted by molar-refractivity contribution is 5.78. The average molecular weight is 269 g/mol. The lowest BCUT2D eigenvalue weighted by molar-refractivity contribution is -0.150. The number of rotatable bonds is 6. The molecule has 0 aromatic heterocycles. The fraction of sp³-hybridized carbons (Fsp3) is 0.385. The predicted molar refractivity (Wildman–Crippen MR) is 66.0 cm³/mol. The monoisotopic (exact) mass is 269 g/mol. The summed E-state index contributed by atoms with van der Waals surface area (Å²) in [5.41, 5.74) is 1.16. The van der Waals surface area contributed by atoms with Gasteiger partial charge in [0.15, 0.2) is 6.10 Å². The number of halogens is 1. The molecule has 6 heteroatoms. The van der Waals surface area contributed by atoms with Gasteiger partial charge in [0.25, 0.3) is 0 Å². The molecule has 0 bridgehead atoms. The van der Waals surface area contributed by atoms with Crippen LogP contribution in [0, 0.1) is 12.7 Å². The number of carbonyl (C=O) groups excluding carboxylic acids is 1. The van der Waals surface area contributed by atoms with Crippen molar-refractivity contribution in [3.05, 3.63) is 35.1 Å². The number of aryl methyl sites for hydroxylation is 1. The Morgan fingerprint density at radius 2 is 2.16 bits per heavy atom. The van der Waals surface area contributed by atoms with Gasteiger partial charge in [0.05, 0.1) is 0 Å². The van der Waals surface area contributed by atoms with Crippen molar-refractivity contribution in [1.29, 1.82) is 0 Å². The molecule has 0 saturated carbocycles. The first-order valence-corrected chi connectivity index (χ1v) is 5.76. The molecule has 0 spiro atoms. The third-order valence-corrected chi connectivity index (χ3v) is 2.54. The Morgan fingerprint density at radius 3 is 2.74 bits per heavy atom. The fourth-order valence-corrected chi connectivity index (χ4v) is 1.27. The van der Waals surface area contributed by atoms with Gasteiger partial charge in [-0.3, -0.25) is 4.79 Å². The van der Waals surface area contributed by atoms with E-state index in [9.17, 15) is 14.0 Å². The van der Waals surface area contributed by atoms with E-state index in [0.717, 1.165) is 0 Å². The van der Waals surface area contributed by atoms with Crippen molar-refractivity contribution in [2.24, 2.45) is 0 Å². The summed E-state index contributed by atoms with van der Waals surface area (Å²) in [5.74, 6) is -1.91. The van der Waals surface area contributed by atoms with Gasteiger partial charge in [0, 0.05) is 6.54 Å². The molecule has 1 aromatic rings. The molecule has 2 N–H and O–H groups in total. The molecule has 0 heterocycles. The maximum absolute atomic E-state index is 13.2. The van der Waals surface area contributed by atoms with Gasteiger partial charge in [-0.15, -0.1) is 0 Å². The molecular formula is C13H16FNO4. The second-order valence-corrected chi connectivity index (χ2v) is 4.15. The second-order valence-electron chi connectivity index (χ2n) is 4.15. The first-order valence-electron chi connectivity index (χ1n) is 5.76. The molecule has 19 heavy (non-hydrogen) atoms. The fourth-order valence-electron chi connectivity index (χ4n) is 1.27. The summed E-state index contributed by atoms with van der Waals surface area (Å²) in [6.07, 6.45) is -1.04. The molecule has 1 amide bonds. The second kappa shape index (κ2) is 6.84. The van der Waals surface area contributed by atoms with Crippen molar-refractivity contribution >= 4 is 11.9 Å². The van der Waals surface area contributed by atoms with Crippen molar-refractivity contribution in [2.75, 3.05) is 6.61 Å². The maximum atomic E-state index is 13.2. The Labute approximate surface area is 110 Å². The first-order chi connectivity index (χ1) is 8.90. The Hall–Kier alpha value is -1.95. The molecule has 1 atom stereocenters. The zero-order valence-electron chi connectivity index (χ0n) is 10.8. The van der Waals surface area contributed by atoms with Crippen LogP contribution in [0.5, 0.6) is 0 Å². The molecule has 5 nitrogen and oxygen atoms in total. The molecule has 0 aliphatic heterocycles. The van der Waals surface area contributed by atoms with Crippen LogP contribution in [-0.2, 0) is 20.9 Å². The van der Waals surface area contributed by atoms with Gasteiger partial charge < -0.3 is 15.2 Å².